The maximum absolute atomic E-state index is 13.5. The molecular formula is C19H19F2NO3S. The summed E-state index contributed by atoms with van der Waals surface area (Å²) in [7, 11) is 0. The molecule has 1 atom stereocenters. The standard InChI is InChI=1S/C19H19F2NO3S/c1-12-3-5-14(6-4-12)10-22-19(24)13(2)25-18(23)11-26-17-9-15(20)7-8-16(17)21/h3-9,13H,10-11H2,1-2H3,(H,22,24)/t13-/m0/s1. The van der Waals surface area contributed by atoms with Gasteiger partial charge >= 0.3 is 5.97 Å². The molecule has 0 bridgehead atoms. The second-order valence-corrected chi connectivity index (χ2v) is 6.72. The van der Waals surface area contributed by atoms with Gasteiger partial charge in [0.25, 0.3) is 5.91 Å². The van der Waals surface area contributed by atoms with Crippen molar-refractivity contribution >= 4 is 23.6 Å². The molecule has 0 spiro atoms. The van der Waals surface area contributed by atoms with E-state index in [1.54, 1.807) is 0 Å². The smallest absolute Gasteiger partial charge is 0.317 e. The van der Waals surface area contributed by atoms with Crippen LogP contribution in [0.2, 0.25) is 0 Å². The molecule has 0 radical (unpaired) electrons. The van der Waals surface area contributed by atoms with Gasteiger partial charge in [-0.25, -0.2) is 8.78 Å². The van der Waals surface area contributed by atoms with E-state index in [0.717, 1.165) is 41.1 Å². The summed E-state index contributed by atoms with van der Waals surface area (Å²) >= 11 is 0.813. The summed E-state index contributed by atoms with van der Waals surface area (Å²) in [5.74, 6) is -2.55. The predicted octanol–water partition coefficient (Wildman–Crippen LogP) is 3.61. The first-order chi connectivity index (χ1) is 12.3. The Hall–Kier alpha value is -2.41. The fourth-order valence-corrected chi connectivity index (χ4v) is 2.79. The molecule has 26 heavy (non-hydrogen) atoms. The maximum Gasteiger partial charge on any atom is 0.317 e. The largest absolute Gasteiger partial charge is 0.452 e. The Kier molecular flexibility index (Phi) is 7.15. The Morgan fingerprint density at radius 1 is 1.15 bits per heavy atom. The highest BCUT2D eigenvalue weighted by Crippen LogP contribution is 2.22. The van der Waals surface area contributed by atoms with Crippen LogP contribution in [0.1, 0.15) is 18.1 Å². The van der Waals surface area contributed by atoms with E-state index < -0.39 is 29.6 Å². The summed E-state index contributed by atoms with van der Waals surface area (Å²) in [5.41, 5.74) is 2.05. The first-order valence-electron chi connectivity index (χ1n) is 7.95. The number of carbonyl (C=O) groups is 2. The minimum atomic E-state index is -0.981. The van der Waals surface area contributed by atoms with Gasteiger partial charge in [-0.15, -0.1) is 11.8 Å². The second-order valence-electron chi connectivity index (χ2n) is 5.70. The average molecular weight is 379 g/mol. The van der Waals surface area contributed by atoms with E-state index in [0.29, 0.717) is 6.54 Å². The number of halogens is 2. The van der Waals surface area contributed by atoms with Gasteiger partial charge < -0.3 is 10.1 Å². The molecule has 2 aromatic carbocycles. The summed E-state index contributed by atoms with van der Waals surface area (Å²) in [4.78, 5) is 23.8. The van der Waals surface area contributed by atoms with Gasteiger partial charge in [0.05, 0.1) is 5.75 Å². The molecule has 2 aromatic rings. The van der Waals surface area contributed by atoms with E-state index >= 15 is 0 Å². The number of ether oxygens (including phenoxy) is 1. The van der Waals surface area contributed by atoms with Gasteiger partial charge in [0, 0.05) is 11.4 Å². The topological polar surface area (TPSA) is 55.4 Å². The van der Waals surface area contributed by atoms with Gasteiger partial charge in [0.1, 0.15) is 11.6 Å². The van der Waals surface area contributed by atoms with Gasteiger partial charge in [0.15, 0.2) is 6.10 Å². The fraction of sp³-hybridized carbons (Fsp3) is 0.263. The number of aryl methyl sites for hydroxylation is 1. The Balaban J connectivity index is 1.77. The summed E-state index contributed by atoms with van der Waals surface area (Å²) in [6.45, 7) is 3.75. The molecule has 0 aliphatic heterocycles. The number of benzene rings is 2. The number of hydrogen-bond donors (Lipinski definition) is 1. The van der Waals surface area contributed by atoms with Gasteiger partial charge in [-0.3, -0.25) is 9.59 Å². The van der Waals surface area contributed by atoms with Crippen LogP contribution in [0.3, 0.4) is 0 Å². The Morgan fingerprint density at radius 3 is 2.54 bits per heavy atom. The van der Waals surface area contributed by atoms with Crippen molar-refractivity contribution in [3.05, 3.63) is 65.2 Å². The highest BCUT2D eigenvalue weighted by Gasteiger charge is 2.18. The van der Waals surface area contributed by atoms with Crippen LogP contribution in [0.25, 0.3) is 0 Å². The van der Waals surface area contributed by atoms with E-state index in [-0.39, 0.29) is 10.6 Å². The number of thioether (sulfide) groups is 1. The van der Waals surface area contributed by atoms with Gasteiger partial charge in [-0.05, 0) is 37.6 Å². The molecule has 0 aliphatic rings. The molecule has 0 aliphatic carbocycles. The lowest BCUT2D eigenvalue weighted by atomic mass is 10.1. The molecule has 0 aromatic heterocycles. The minimum absolute atomic E-state index is 0.0124. The van der Waals surface area contributed by atoms with Crippen LogP contribution in [0.4, 0.5) is 8.78 Å². The number of rotatable bonds is 7. The molecule has 0 saturated carbocycles. The van der Waals surface area contributed by atoms with Crippen molar-refractivity contribution in [2.24, 2.45) is 0 Å². The number of esters is 1. The Morgan fingerprint density at radius 2 is 1.85 bits per heavy atom. The van der Waals surface area contributed by atoms with Crippen LogP contribution in [0.15, 0.2) is 47.4 Å². The number of carbonyl (C=O) groups excluding carboxylic acids is 2. The van der Waals surface area contributed by atoms with Gasteiger partial charge in [0.2, 0.25) is 0 Å². The molecule has 2 rings (SSSR count). The first kappa shape index (κ1) is 19.9. The van der Waals surface area contributed by atoms with Crippen LogP contribution < -0.4 is 5.32 Å². The summed E-state index contributed by atoms with van der Waals surface area (Å²) < 4.78 is 31.6. The third-order valence-corrected chi connectivity index (χ3v) is 4.51. The zero-order chi connectivity index (χ0) is 19.1. The lowest BCUT2D eigenvalue weighted by Crippen LogP contribution is -2.35. The van der Waals surface area contributed by atoms with E-state index in [1.807, 2.05) is 31.2 Å². The average Bonchev–Trinajstić information content (AvgIpc) is 2.61. The quantitative estimate of drug-likeness (QED) is 0.590. The molecule has 4 nitrogen and oxygen atoms in total. The van der Waals surface area contributed by atoms with Gasteiger partial charge in [-0.1, -0.05) is 29.8 Å². The highest BCUT2D eigenvalue weighted by molar-refractivity contribution is 8.00. The van der Waals surface area contributed by atoms with E-state index in [2.05, 4.69) is 5.32 Å². The van der Waals surface area contributed by atoms with Crippen LogP contribution in [-0.4, -0.2) is 23.7 Å². The molecule has 0 fully saturated rings. The van der Waals surface area contributed by atoms with E-state index in [4.69, 9.17) is 4.74 Å². The molecule has 0 saturated heterocycles. The van der Waals surface area contributed by atoms with Crippen molar-refractivity contribution in [2.75, 3.05) is 5.75 Å². The number of hydrogen-bond acceptors (Lipinski definition) is 4. The summed E-state index contributed by atoms with van der Waals surface area (Å²) in [6.07, 6.45) is -0.981. The van der Waals surface area contributed by atoms with Crippen molar-refractivity contribution in [3.8, 4) is 0 Å². The predicted molar refractivity (Wildman–Crippen MR) is 95.7 cm³/mol. The monoisotopic (exact) mass is 379 g/mol. The van der Waals surface area contributed by atoms with Crippen molar-refractivity contribution in [1.29, 1.82) is 0 Å². The fourth-order valence-electron chi connectivity index (χ4n) is 2.05. The summed E-state index contributed by atoms with van der Waals surface area (Å²) in [6, 6.07) is 10.7. The van der Waals surface area contributed by atoms with E-state index in [9.17, 15) is 18.4 Å². The molecule has 0 heterocycles. The lowest BCUT2D eigenvalue weighted by Gasteiger charge is -2.13. The maximum atomic E-state index is 13.5. The normalized spacial score (nSPS) is 11.7. The van der Waals surface area contributed by atoms with Crippen LogP contribution in [0, 0.1) is 18.6 Å². The second kappa shape index (κ2) is 9.33. The molecular weight excluding hydrogens is 360 g/mol. The molecule has 7 heteroatoms. The van der Waals surface area contributed by atoms with Crippen molar-refractivity contribution in [3.63, 3.8) is 0 Å². The van der Waals surface area contributed by atoms with E-state index in [1.165, 1.54) is 6.92 Å². The zero-order valence-corrected chi connectivity index (χ0v) is 15.2. The third-order valence-electron chi connectivity index (χ3n) is 3.50. The van der Waals surface area contributed by atoms with Crippen molar-refractivity contribution in [1.82, 2.24) is 5.32 Å². The molecule has 0 unspecified atom stereocenters. The Bertz CT molecular complexity index is 781. The van der Waals surface area contributed by atoms with Gasteiger partial charge in [-0.2, -0.15) is 0 Å². The van der Waals surface area contributed by atoms with Crippen LogP contribution >= 0.6 is 11.8 Å². The summed E-state index contributed by atoms with van der Waals surface area (Å²) in [5, 5.41) is 2.68. The van der Waals surface area contributed by atoms with Crippen LogP contribution in [-0.2, 0) is 20.9 Å². The molecule has 138 valence electrons. The molecule has 1 amide bonds. The zero-order valence-electron chi connectivity index (χ0n) is 14.4. The van der Waals surface area contributed by atoms with Crippen molar-refractivity contribution in [2.45, 2.75) is 31.4 Å². The minimum Gasteiger partial charge on any atom is -0.452 e. The molecule has 1 N–H and O–H groups in total. The number of nitrogens with one attached hydrogen (secondary N) is 1. The third kappa shape index (κ3) is 6.15. The highest BCUT2D eigenvalue weighted by atomic mass is 32.2. The first-order valence-corrected chi connectivity index (χ1v) is 8.94. The number of amides is 1. The Labute approximate surface area is 154 Å². The van der Waals surface area contributed by atoms with Crippen LogP contribution in [0.5, 0.6) is 0 Å². The SMILES string of the molecule is Cc1ccc(CNC(=O)[C@H](C)OC(=O)CSc2cc(F)ccc2F)cc1. The van der Waals surface area contributed by atoms with Crippen molar-refractivity contribution < 1.29 is 23.1 Å². The lowest BCUT2D eigenvalue weighted by molar-refractivity contribution is -0.152.